The highest BCUT2D eigenvalue weighted by molar-refractivity contribution is 6.75. The van der Waals surface area contributed by atoms with Crippen LogP contribution in [0.5, 0.6) is 5.75 Å². The molecular weight excluding hydrogens is 1350 g/mol. The predicted molar refractivity (Wildman–Crippen MR) is 463 cm³/mol. The fourth-order valence-corrected chi connectivity index (χ4v) is 18.8. The summed E-state index contributed by atoms with van der Waals surface area (Å²) in [5.41, 5.74) is 0.993. The van der Waals surface area contributed by atoms with Crippen molar-refractivity contribution in [3.05, 3.63) is 29.8 Å². The normalized spacial score (nSPS) is 14.7. The second-order valence-corrected chi connectivity index (χ2v) is 57.5. The van der Waals surface area contributed by atoms with Gasteiger partial charge in [-0.15, -0.1) is 0 Å². The summed E-state index contributed by atoms with van der Waals surface area (Å²) in [6.07, 6.45) is 48.1. The number of nitrogens with one attached hydrogen (secondary N) is 1. The summed E-state index contributed by atoms with van der Waals surface area (Å²) < 4.78 is 36.3. The second kappa shape index (κ2) is 54.3. The summed E-state index contributed by atoms with van der Waals surface area (Å²) >= 11 is 0. The van der Waals surface area contributed by atoms with E-state index in [4.69, 9.17) is 22.4 Å². The molecule has 1 rings (SSSR count). The molecule has 614 valence electrons. The van der Waals surface area contributed by atoms with Crippen molar-refractivity contribution in [2.45, 2.75) is 477 Å². The van der Waals surface area contributed by atoms with Crippen LogP contribution in [0.3, 0.4) is 0 Å². The van der Waals surface area contributed by atoms with E-state index in [0.717, 1.165) is 96.2 Å². The monoisotopic (exact) mass is 1530 g/mol. The van der Waals surface area contributed by atoms with E-state index < -0.39 is 39.3 Å². The van der Waals surface area contributed by atoms with Gasteiger partial charge in [-0.25, -0.2) is 4.79 Å². The topological polar surface area (TPSA) is 119 Å². The van der Waals surface area contributed by atoms with E-state index in [0.29, 0.717) is 32.1 Å². The molecule has 2 N–H and O–H groups in total. The van der Waals surface area contributed by atoms with Gasteiger partial charge in [0.1, 0.15) is 11.8 Å². The fourth-order valence-electron chi connectivity index (χ4n) is 13.3. The lowest BCUT2D eigenvalue weighted by Gasteiger charge is -2.42. The maximum Gasteiger partial charge on any atom is 0.328 e. The Kier molecular flexibility index (Phi) is 52.5. The Balaban J connectivity index is 3.79. The van der Waals surface area contributed by atoms with Crippen molar-refractivity contribution in [3.63, 3.8) is 0 Å². The highest BCUT2D eigenvalue weighted by Crippen LogP contribution is 2.42. The zero-order chi connectivity index (χ0) is 78.4. The number of carbonyl (C=O) groups is 2. The number of rotatable bonds is 65. The number of hydrogen-bond donors (Lipinski definition) is 2. The van der Waals surface area contributed by atoms with E-state index in [-0.39, 0.29) is 68.8 Å². The SMILES string of the molecule is CCCCCCCCCCC(CN(CCCOC(=O)[C@H](CCc1ccc(O)cc1)NC(=O)CCCN(CC(CCCCCCCCCC)O[Si](C)(C)C(C)(C)C)CC(CCCCCCCCCC)O[Si](C)(C)C(C)(C)C)CC(CCCCCCCCCC)O[Si](C)(C)C(C)(C)C)O[Si](C)(C)C(C)(C)C. The molecule has 1 aromatic rings. The van der Waals surface area contributed by atoms with Gasteiger partial charge in [-0.2, -0.15) is 0 Å². The molecule has 0 spiro atoms. The number of hydrogen-bond acceptors (Lipinski definition) is 10. The van der Waals surface area contributed by atoms with E-state index in [1.165, 1.54) is 180 Å². The van der Waals surface area contributed by atoms with Crippen LogP contribution >= 0.6 is 0 Å². The first-order chi connectivity index (χ1) is 48.7. The third kappa shape index (κ3) is 46.4. The molecule has 0 aromatic heterocycles. The van der Waals surface area contributed by atoms with E-state index in [1.54, 1.807) is 12.1 Å². The van der Waals surface area contributed by atoms with Crippen molar-refractivity contribution in [2.24, 2.45) is 0 Å². The largest absolute Gasteiger partial charge is 0.508 e. The Bertz CT molecular complexity index is 2170. The van der Waals surface area contributed by atoms with Crippen LogP contribution in [0.2, 0.25) is 72.5 Å². The smallest absolute Gasteiger partial charge is 0.328 e. The molecule has 1 aromatic carbocycles. The molecule has 0 saturated carbocycles. The van der Waals surface area contributed by atoms with Crippen molar-refractivity contribution in [1.82, 2.24) is 15.1 Å². The Labute approximate surface area is 651 Å². The van der Waals surface area contributed by atoms with Gasteiger partial charge >= 0.3 is 5.97 Å². The number of unbranched alkanes of at least 4 members (excludes halogenated alkanes) is 28. The number of amides is 1. The molecule has 1 amide bonds. The van der Waals surface area contributed by atoms with Crippen LogP contribution in [0.25, 0.3) is 0 Å². The first-order valence-electron chi connectivity index (χ1n) is 44.1. The number of nitrogens with zero attached hydrogens (tertiary/aromatic N) is 2. The van der Waals surface area contributed by atoms with Crippen LogP contribution in [0.4, 0.5) is 0 Å². The van der Waals surface area contributed by atoms with E-state index in [2.05, 4.69) is 178 Å². The molecule has 15 heteroatoms. The summed E-state index contributed by atoms with van der Waals surface area (Å²) in [7, 11) is -8.58. The summed E-state index contributed by atoms with van der Waals surface area (Å²) in [5.74, 6) is -0.306. The molecule has 0 bridgehead atoms. The van der Waals surface area contributed by atoms with Gasteiger partial charge in [0.2, 0.25) is 5.91 Å². The number of aryl methyl sites for hydroxylation is 1. The van der Waals surface area contributed by atoms with Gasteiger partial charge in [0.15, 0.2) is 33.3 Å². The minimum atomic E-state index is -2.15. The average molecular weight is 1530 g/mol. The van der Waals surface area contributed by atoms with Gasteiger partial charge in [0, 0.05) is 39.1 Å². The molecule has 0 heterocycles. The minimum absolute atomic E-state index is 0.0733. The Morgan fingerprint density at radius 2 is 0.635 bits per heavy atom. The average Bonchev–Trinajstić information content (AvgIpc) is 0.841. The third-order valence-electron chi connectivity index (χ3n) is 24.5. The van der Waals surface area contributed by atoms with Gasteiger partial charge in [-0.05, 0) is 148 Å². The second-order valence-electron chi connectivity index (χ2n) is 38.5. The number of phenolic OH excluding ortho intramolecular Hbond substituents is 1. The molecule has 0 aliphatic rings. The van der Waals surface area contributed by atoms with Gasteiger partial charge < -0.3 is 32.9 Å². The molecular formula is C89H179N3O8Si4. The highest BCUT2D eigenvalue weighted by Gasteiger charge is 2.44. The predicted octanol–water partition coefficient (Wildman–Crippen LogP) is 26.8. The standard InChI is InChI=1S/C89H179N3O8Si4/c1-25-29-33-37-41-45-49-53-59-79(97-101(17,18)86(5,6)7)73-91(74-80(98-102(19,20)87(8,9)10)60-54-50-46-42-38-34-30-26-2)70-57-63-84(94)90-83(69-66-77-64-67-78(93)68-65-77)85(95)96-72-58-71-92(75-81(99-103(21,22)88(11,12)13)61-55-51-47-43-39-35-31-27-3)76-82(100-104(23,24)89(14,15)16)62-56-52-48-44-40-36-32-28-4/h64-65,67-68,79-83,93H,25-63,66,69-76H2,1-24H3,(H,90,94)/t79?,80?,81?,82?,83-/m0/s1. The number of benzene rings is 1. The van der Waals surface area contributed by atoms with Crippen LogP contribution < -0.4 is 5.32 Å². The Morgan fingerprint density at radius 3 is 0.904 bits per heavy atom. The quantitative estimate of drug-likeness (QED) is 0.0371. The fraction of sp³-hybridized carbons (Fsp3) is 0.910. The number of aromatic hydroxyl groups is 1. The molecule has 0 fully saturated rings. The molecule has 0 aliphatic carbocycles. The van der Waals surface area contributed by atoms with Crippen LogP contribution in [0.1, 0.15) is 373 Å². The molecule has 104 heavy (non-hydrogen) atoms. The van der Waals surface area contributed by atoms with Gasteiger partial charge in [0.05, 0.1) is 31.0 Å². The van der Waals surface area contributed by atoms with E-state index in [1.807, 2.05) is 12.1 Å². The summed E-state index contributed by atoms with van der Waals surface area (Å²) in [5, 5.41) is 13.8. The molecule has 0 aliphatic heterocycles. The molecule has 4 unspecified atom stereocenters. The number of ether oxygens (including phenoxy) is 1. The minimum Gasteiger partial charge on any atom is -0.508 e. The van der Waals surface area contributed by atoms with Crippen molar-refractivity contribution in [2.75, 3.05) is 45.9 Å². The Hall–Kier alpha value is -1.41. The lowest BCUT2D eigenvalue weighted by molar-refractivity contribution is -0.148. The van der Waals surface area contributed by atoms with Crippen LogP contribution in [0.15, 0.2) is 24.3 Å². The van der Waals surface area contributed by atoms with Crippen LogP contribution in [-0.2, 0) is 38.5 Å². The Morgan fingerprint density at radius 1 is 0.375 bits per heavy atom. The number of esters is 1. The van der Waals surface area contributed by atoms with E-state index in [9.17, 15) is 14.7 Å². The number of carbonyl (C=O) groups excluding carboxylic acids is 2. The zero-order valence-electron chi connectivity index (χ0n) is 73.8. The molecule has 0 saturated heterocycles. The molecule has 11 nitrogen and oxygen atoms in total. The van der Waals surface area contributed by atoms with Crippen molar-refractivity contribution >= 4 is 45.1 Å². The van der Waals surface area contributed by atoms with Gasteiger partial charge in [-0.3, -0.25) is 14.6 Å². The summed E-state index contributed by atoms with van der Waals surface area (Å²) in [6.45, 7) is 61.8. The number of phenols is 1. The van der Waals surface area contributed by atoms with E-state index >= 15 is 0 Å². The summed E-state index contributed by atoms with van der Waals surface area (Å²) in [4.78, 5) is 34.7. The van der Waals surface area contributed by atoms with Crippen LogP contribution in [0, 0.1) is 0 Å². The van der Waals surface area contributed by atoms with Gasteiger partial charge in [-0.1, -0.05) is 328 Å². The zero-order valence-corrected chi connectivity index (χ0v) is 77.8. The maximum absolute atomic E-state index is 14.8. The molecule has 5 atom stereocenters. The van der Waals surface area contributed by atoms with Crippen molar-refractivity contribution in [3.8, 4) is 5.75 Å². The first-order valence-corrected chi connectivity index (χ1v) is 55.8. The maximum atomic E-state index is 14.8. The molecule has 0 radical (unpaired) electrons. The summed E-state index contributed by atoms with van der Waals surface area (Å²) in [6, 6.07) is 6.38. The lowest BCUT2D eigenvalue weighted by atomic mass is 10.0. The first kappa shape index (κ1) is 101. The van der Waals surface area contributed by atoms with Crippen molar-refractivity contribution in [1.29, 1.82) is 0 Å². The third-order valence-corrected chi connectivity index (χ3v) is 42.6. The van der Waals surface area contributed by atoms with Crippen LogP contribution in [-0.4, -0.2) is 136 Å². The van der Waals surface area contributed by atoms with Crippen molar-refractivity contribution < 1.29 is 37.1 Å². The lowest BCUT2D eigenvalue weighted by Crippen LogP contribution is -2.50. The highest BCUT2D eigenvalue weighted by atomic mass is 28.4. The van der Waals surface area contributed by atoms with Gasteiger partial charge in [0.25, 0.3) is 0 Å².